The summed E-state index contributed by atoms with van der Waals surface area (Å²) in [6, 6.07) is 9.86. The minimum absolute atomic E-state index is 0.0615. The number of amides is 1. The van der Waals surface area contributed by atoms with Gasteiger partial charge < -0.3 is 14.8 Å². The predicted molar refractivity (Wildman–Crippen MR) is 86.5 cm³/mol. The summed E-state index contributed by atoms with van der Waals surface area (Å²) in [7, 11) is 0. The van der Waals surface area contributed by atoms with Crippen LogP contribution in [0.25, 0.3) is 0 Å². The van der Waals surface area contributed by atoms with Crippen molar-refractivity contribution < 1.29 is 14.3 Å². The van der Waals surface area contributed by atoms with Crippen molar-refractivity contribution in [3.05, 3.63) is 35.9 Å². The molecule has 22 heavy (non-hydrogen) atoms. The van der Waals surface area contributed by atoms with Gasteiger partial charge in [0.1, 0.15) is 6.61 Å². The van der Waals surface area contributed by atoms with Crippen LogP contribution in [-0.2, 0) is 20.9 Å². The normalized spacial score (nSPS) is 15.6. The first-order valence-corrected chi connectivity index (χ1v) is 8.34. The number of hydrogen-bond acceptors (Lipinski definition) is 3. The Bertz CT molecular complexity index is 416. The van der Waals surface area contributed by atoms with Crippen LogP contribution in [0.4, 0.5) is 0 Å². The smallest absolute Gasteiger partial charge is 0.246 e. The Morgan fingerprint density at radius 2 is 1.91 bits per heavy atom. The van der Waals surface area contributed by atoms with Crippen LogP contribution < -0.4 is 5.32 Å². The Kier molecular flexibility index (Phi) is 7.99. The molecule has 1 fully saturated rings. The number of carbonyl (C=O) groups excluding carboxylic acids is 1. The molecule has 0 heterocycles. The van der Waals surface area contributed by atoms with Crippen LogP contribution in [-0.4, -0.2) is 31.8 Å². The van der Waals surface area contributed by atoms with Crippen LogP contribution in [0, 0.1) is 0 Å². The summed E-state index contributed by atoms with van der Waals surface area (Å²) in [5.41, 5.74) is 1.08. The summed E-state index contributed by atoms with van der Waals surface area (Å²) < 4.78 is 11.2. The first kappa shape index (κ1) is 17.0. The van der Waals surface area contributed by atoms with Crippen LogP contribution in [0.15, 0.2) is 30.3 Å². The van der Waals surface area contributed by atoms with Gasteiger partial charge in [-0.25, -0.2) is 0 Å². The van der Waals surface area contributed by atoms with Gasteiger partial charge in [0.05, 0.1) is 12.7 Å². The highest BCUT2D eigenvalue weighted by Crippen LogP contribution is 2.20. The van der Waals surface area contributed by atoms with E-state index in [-0.39, 0.29) is 12.5 Å². The largest absolute Gasteiger partial charge is 0.378 e. The van der Waals surface area contributed by atoms with E-state index in [1.807, 2.05) is 30.3 Å². The Morgan fingerprint density at radius 3 is 2.68 bits per heavy atom. The second-order valence-electron chi connectivity index (χ2n) is 5.81. The third-order valence-corrected chi connectivity index (χ3v) is 3.89. The van der Waals surface area contributed by atoms with Crippen molar-refractivity contribution in [2.75, 3.05) is 19.8 Å². The first-order chi connectivity index (χ1) is 10.8. The molecular formula is C18H27NO3. The molecule has 4 nitrogen and oxygen atoms in total. The van der Waals surface area contributed by atoms with Crippen LogP contribution in [0.5, 0.6) is 0 Å². The van der Waals surface area contributed by atoms with Gasteiger partial charge in [-0.3, -0.25) is 4.79 Å². The Labute approximate surface area is 133 Å². The molecule has 1 N–H and O–H groups in total. The molecule has 0 saturated heterocycles. The topological polar surface area (TPSA) is 47.6 Å². The zero-order valence-electron chi connectivity index (χ0n) is 13.3. The zero-order valence-corrected chi connectivity index (χ0v) is 13.3. The standard InChI is InChI=1S/C18H27NO3/c20-18(15-21-14-16-8-3-1-4-9-16)19-12-7-13-22-17-10-5-2-6-11-17/h1,3-4,8-9,17H,2,5-7,10-15H2,(H,19,20). The van der Waals surface area contributed by atoms with E-state index in [2.05, 4.69) is 5.32 Å². The molecule has 4 heteroatoms. The average molecular weight is 305 g/mol. The van der Waals surface area contributed by atoms with Gasteiger partial charge in [0.2, 0.25) is 5.91 Å². The Morgan fingerprint density at radius 1 is 1.14 bits per heavy atom. The highest BCUT2D eigenvalue weighted by Gasteiger charge is 2.13. The molecule has 1 aliphatic rings. The number of carbonyl (C=O) groups is 1. The highest BCUT2D eigenvalue weighted by atomic mass is 16.5. The van der Waals surface area contributed by atoms with Crippen molar-refractivity contribution >= 4 is 5.91 Å². The summed E-state index contributed by atoms with van der Waals surface area (Å²) in [5.74, 6) is -0.0615. The van der Waals surface area contributed by atoms with Gasteiger partial charge in [0.15, 0.2) is 0 Å². The van der Waals surface area contributed by atoms with E-state index in [4.69, 9.17) is 9.47 Å². The maximum Gasteiger partial charge on any atom is 0.246 e. The molecule has 0 atom stereocenters. The number of hydrogen-bond donors (Lipinski definition) is 1. The van der Waals surface area contributed by atoms with Gasteiger partial charge in [-0.15, -0.1) is 0 Å². The lowest BCUT2D eigenvalue weighted by Crippen LogP contribution is -2.29. The molecule has 1 amide bonds. The molecule has 0 unspecified atom stereocenters. The summed E-state index contributed by atoms with van der Waals surface area (Å²) in [4.78, 5) is 11.6. The second kappa shape index (κ2) is 10.4. The third kappa shape index (κ3) is 7.05. The quantitative estimate of drug-likeness (QED) is 0.713. The van der Waals surface area contributed by atoms with Crippen molar-refractivity contribution in [3.8, 4) is 0 Å². The van der Waals surface area contributed by atoms with Crippen molar-refractivity contribution in [3.63, 3.8) is 0 Å². The number of rotatable bonds is 9. The summed E-state index contributed by atoms with van der Waals surface area (Å²) >= 11 is 0. The van der Waals surface area contributed by atoms with Crippen molar-refractivity contribution in [2.45, 2.75) is 51.2 Å². The minimum Gasteiger partial charge on any atom is -0.378 e. The molecule has 0 aromatic heterocycles. The molecule has 122 valence electrons. The molecule has 0 radical (unpaired) electrons. The van der Waals surface area contributed by atoms with Crippen molar-refractivity contribution in [2.24, 2.45) is 0 Å². The monoisotopic (exact) mass is 305 g/mol. The molecule has 1 aliphatic carbocycles. The number of benzene rings is 1. The van der Waals surface area contributed by atoms with Gasteiger partial charge in [-0.05, 0) is 24.8 Å². The summed E-state index contributed by atoms with van der Waals surface area (Å²) in [6.45, 7) is 1.97. The minimum atomic E-state index is -0.0615. The fourth-order valence-electron chi connectivity index (χ4n) is 2.67. The molecule has 1 saturated carbocycles. The number of nitrogens with one attached hydrogen (secondary N) is 1. The van der Waals surface area contributed by atoms with E-state index >= 15 is 0 Å². The molecular weight excluding hydrogens is 278 g/mol. The van der Waals surface area contributed by atoms with Gasteiger partial charge in [0.25, 0.3) is 0 Å². The maximum absolute atomic E-state index is 11.6. The molecule has 1 aromatic rings. The van der Waals surface area contributed by atoms with Crippen LogP contribution in [0.2, 0.25) is 0 Å². The fraction of sp³-hybridized carbons (Fsp3) is 0.611. The van der Waals surface area contributed by atoms with E-state index < -0.39 is 0 Å². The van der Waals surface area contributed by atoms with E-state index in [1.165, 1.54) is 32.1 Å². The summed E-state index contributed by atoms with van der Waals surface area (Å²) in [5, 5.41) is 2.86. The SMILES string of the molecule is O=C(COCc1ccccc1)NCCCOC1CCCCC1. The number of ether oxygens (including phenoxy) is 2. The Hall–Kier alpha value is -1.39. The molecule has 1 aromatic carbocycles. The van der Waals surface area contributed by atoms with Gasteiger partial charge >= 0.3 is 0 Å². The molecule has 0 aliphatic heterocycles. The van der Waals surface area contributed by atoms with Gasteiger partial charge in [-0.1, -0.05) is 49.6 Å². The fourth-order valence-corrected chi connectivity index (χ4v) is 2.67. The first-order valence-electron chi connectivity index (χ1n) is 8.34. The van der Waals surface area contributed by atoms with Crippen molar-refractivity contribution in [1.29, 1.82) is 0 Å². The Balaban J connectivity index is 1.44. The van der Waals surface area contributed by atoms with Crippen LogP contribution in [0.1, 0.15) is 44.1 Å². The van der Waals surface area contributed by atoms with E-state index in [0.29, 0.717) is 19.3 Å². The van der Waals surface area contributed by atoms with E-state index in [0.717, 1.165) is 18.6 Å². The lowest BCUT2D eigenvalue weighted by Gasteiger charge is -2.21. The second-order valence-corrected chi connectivity index (χ2v) is 5.81. The lowest BCUT2D eigenvalue weighted by atomic mass is 9.98. The van der Waals surface area contributed by atoms with Crippen LogP contribution in [0.3, 0.4) is 0 Å². The van der Waals surface area contributed by atoms with Crippen LogP contribution >= 0.6 is 0 Å². The van der Waals surface area contributed by atoms with Gasteiger partial charge in [-0.2, -0.15) is 0 Å². The zero-order chi connectivity index (χ0) is 15.5. The maximum atomic E-state index is 11.6. The van der Waals surface area contributed by atoms with E-state index in [9.17, 15) is 4.79 Å². The molecule has 0 bridgehead atoms. The third-order valence-electron chi connectivity index (χ3n) is 3.89. The lowest BCUT2D eigenvalue weighted by molar-refractivity contribution is -0.126. The molecule has 2 rings (SSSR count). The highest BCUT2D eigenvalue weighted by molar-refractivity contribution is 5.77. The predicted octanol–water partition coefficient (Wildman–Crippen LogP) is 3.06. The van der Waals surface area contributed by atoms with Crippen molar-refractivity contribution in [1.82, 2.24) is 5.32 Å². The van der Waals surface area contributed by atoms with Gasteiger partial charge in [0, 0.05) is 13.2 Å². The average Bonchev–Trinajstić information content (AvgIpc) is 2.56. The van der Waals surface area contributed by atoms with E-state index in [1.54, 1.807) is 0 Å². The summed E-state index contributed by atoms with van der Waals surface area (Å²) in [6.07, 6.45) is 7.62. The molecule has 0 spiro atoms.